The number of ketones is 1. The van der Waals surface area contributed by atoms with Crippen LogP contribution in [0.1, 0.15) is 33.9 Å². The van der Waals surface area contributed by atoms with E-state index in [2.05, 4.69) is 15.1 Å². The molecule has 32 heavy (non-hydrogen) atoms. The number of Topliss-reactive ketones (excluding diaryl/α,β-unsaturated/α-hetero) is 1. The SMILES string of the molecule is COc1cc2c(cc1OC)C(NC(=O)CN1CCN(Cc3ccccc3Cl)CC1)CC2=O. The third-order valence-electron chi connectivity index (χ3n) is 6.14. The van der Waals surface area contributed by atoms with Gasteiger partial charge in [-0.2, -0.15) is 0 Å². The number of methoxy groups -OCH3 is 2. The smallest absolute Gasteiger partial charge is 0.234 e. The van der Waals surface area contributed by atoms with Crippen LogP contribution in [0.15, 0.2) is 36.4 Å². The van der Waals surface area contributed by atoms with E-state index in [1.165, 1.54) is 7.11 Å². The first-order chi connectivity index (χ1) is 15.5. The second-order valence-electron chi connectivity index (χ2n) is 8.19. The van der Waals surface area contributed by atoms with E-state index in [9.17, 15) is 9.59 Å². The van der Waals surface area contributed by atoms with Crippen molar-refractivity contribution >= 4 is 23.3 Å². The lowest BCUT2D eigenvalue weighted by Crippen LogP contribution is -2.49. The van der Waals surface area contributed by atoms with Crippen LogP contribution in [-0.4, -0.2) is 68.4 Å². The normalized spacial score (nSPS) is 19.0. The molecule has 0 aromatic heterocycles. The van der Waals surface area contributed by atoms with Gasteiger partial charge in [-0.15, -0.1) is 0 Å². The molecule has 1 fully saturated rings. The molecule has 1 saturated heterocycles. The van der Waals surface area contributed by atoms with Crippen LogP contribution in [0.3, 0.4) is 0 Å². The lowest BCUT2D eigenvalue weighted by atomic mass is 10.1. The molecule has 1 amide bonds. The van der Waals surface area contributed by atoms with Crippen LogP contribution in [-0.2, 0) is 11.3 Å². The van der Waals surface area contributed by atoms with Crippen molar-refractivity contribution in [1.82, 2.24) is 15.1 Å². The van der Waals surface area contributed by atoms with Crippen molar-refractivity contribution in [3.8, 4) is 11.5 Å². The third kappa shape index (κ3) is 4.90. The monoisotopic (exact) mass is 457 g/mol. The molecule has 0 saturated carbocycles. The number of halogens is 1. The van der Waals surface area contributed by atoms with Gasteiger partial charge in [0.25, 0.3) is 0 Å². The highest BCUT2D eigenvalue weighted by molar-refractivity contribution is 6.31. The van der Waals surface area contributed by atoms with Crippen LogP contribution in [0.25, 0.3) is 0 Å². The minimum atomic E-state index is -0.341. The molecular weight excluding hydrogens is 430 g/mol. The fourth-order valence-corrected chi connectivity index (χ4v) is 4.57. The van der Waals surface area contributed by atoms with Crippen LogP contribution in [0.5, 0.6) is 11.5 Å². The number of piperazine rings is 1. The summed E-state index contributed by atoms with van der Waals surface area (Å²) in [4.78, 5) is 29.7. The minimum absolute atomic E-state index is 0.000518. The highest BCUT2D eigenvalue weighted by Gasteiger charge is 2.32. The topological polar surface area (TPSA) is 71.1 Å². The molecule has 2 aliphatic rings. The summed E-state index contributed by atoms with van der Waals surface area (Å²) < 4.78 is 10.7. The number of benzene rings is 2. The fraction of sp³-hybridized carbons (Fsp3) is 0.417. The number of fused-ring (bicyclic) bond motifs is 1. The second-order valence-corrected chi connectivity index (χ2v) is 8.59. The molecule has 2 aromatic carbocycles. The van der Waals surface area contributed by atoms with E-state index in [1.54, 1.807) is 19.2 Å². The summed E-state index contributed by atoms with van der Waals surface area (Å²) in [5, 5.41) is 3.82. The van der Waals surface area contributed by atoms with Gasteiger partial charge in [-0.25, -0.2) is 0 Å². The molecule has 1 unspecified atom stereocenters. The lowest BCUT2D eigenvalue weighted by molar-refractivity contribution is -0.123. The number of rotatable bonds is 7. The quantitative estimate of drug-likeness (QED) is 0.689. The number of amides is 1. The summed E-state index contributed by atoms with van der Waals surface area (Å²) in [5.41, 5.74) is 2.49. The molecule has 0 radical (unpaired) electrons. The number of nitrogens with one attached hydrogen (secondary N) is 1. The Balaban J connectivity index is 1.31. The Bertz CT molecular complexity index is 1000. The standard InChI is InChI=1S/C24H28ClN3O4/c1-31-22-11-17-18(12-23(22)32-2)21(29)13-20(17)26-24(30)15-28-9-7-27(8-10-28)14-16-5-3-4-6-19(16)25/h3-6,11-12,20H,7-10,13-15H2,1-2H3,(H,26,30). The first-order valence-corrected chi connectivity index (χ1v) is 11.1. The Kier molecular flexibility index (Phi) is 6.98. The molecule has 1 N–H and O–H groups in total. The molecule has 170 valence electrons. The largest absolute Gasteiger partial charge is 0.493 e. The Morgan fingerprint density at radius 3 is 2.41 bits per heavy atom. The van der Waals surface area contributed by atoms with Crippen molar-refractivity contribution in [2.45, 2.75) is 19.0 Å². The molecule has 2 aromatic rings. The molecule has 1 heterocycles. The third-order valence-corrected chi connectivity index (χ3v) is 6.51. The maximum absolute atomic E-state index is 12.7. The van der Waals surface area contributed by atoms with Gasteiger partial charge in [0, 0.05) is 49.7 Å². The Labute approximate surface area is 193 Å². The van der Waals surface area contributed by atoms with Crippen molar-refractivity contribution in [2.24, 2.45) is 0 Å². The number of ether oxygens (including phenoxy) is 2. The number of nitrogens with zero attached hydrogens (tertiary/aromatic N) is 2. The van der Waals surface area contributed by atoms with E-state index in [-0.39, 0.29) is 24.2 Å². The zero-order chi connectivity index (χ0) is 22.7. The summed E-state index contributed by atoms with van der Waals surface area (Å²) in [5.74, 6) is 0.987. The van der Waals surface area contributed by atoms with Gasteiger partial charge < -0.3 is 14.8 Å². The molecular formula is C24H28ClN3O4. The van der Waals surface area contributed by atoms with Gasteiger partial charge in [0.2, 0.25) is 5.91 Å². The zero-order valence-electron chi connectivity index (χ0n) is 18.4. The fourth-order valence-electron chi connectivity index (χ4n) is 4.37. The average molecular weight is 458 g/mol. The van der Waals surface area contributed by atoms with Gasteiger partial charge >= 0.3 is 0 Å². The summed E-state index contributed by atoms with van der Waals surface area (Å²) in [6, 6.07) is 11.0. The van der Waals surface area contributed by atoms with Gasteiger partial charge in [-0.1, -0.05) is 29.8 Å². The van der Waals surface area contributed by atoms with Crippen LogP contribution in [0, 0.1) is 0 Å². The molecule has 0 bridgehead atoms. The predicted octanol–water partition coefficient (Wildman–Crippen LogP) is 2.92. The Hall–Kier alpha value is -2.61. The van der Waals surface area contributed by atoms with Gasteiger partial charge in [-0.3, -0.25) is 19.4 Å². The zero-order valence-corrected chi connectivity index (χ0v) is 19.2. The first-order valence-electron chi connectivity index (χ1n) is 10.7. The summed E-state index contributed by atoms with van der Waals surface area (Å²) in [6.07, 6.45) is 0.253. The Morgan fingerprint density at radius 1 is 1.06 bits per heavy atom. The molecule has 1 atom stereocenters. The number of hydrogen-bond donors (Lipinski definition) is 1. The van der Waals surface area contributed by atoms with Crippen LogP contribution >= 0.6 is 11.6 Å². The molecule has 1 aliphatic carbocycles. The second kappa shape index (κ2) is 9.90. The number of hydrogen-bond acceptors (Lipinski definition) is 6. The molecule has 7 nitrogen and oxygen atoms in total. The van der Waals surface area contributed by atoms with Crippen molar-refractivity contribution in [1.29, 1.82) is 0 Å². The highest BCUT2D eigenvalue weighted by Crippen LogP contribution is 2.39. The number of carbonyl (C=O) groups is 2. The van der Waals surface area contributed by atoms with Gasteiger partial charge in [0.05, 0.1) is 26.8 Å². The van der Waals surface area contributed by atoms with E-state index in [0.29, 0.717) is 23.6 Å². The molecule has 0 spiro atoms. The van der Waals surface area contributed by atoms with Crippen molar-refractivity contribution < 1.29 is 19.1 Å². The lowest BCUT2D eigenvalue weighted by Gasteiger charge is -2.34. The van der Waals surface area contributed by atoms with Crippen LogP contribution in [0.4, 0.5) is 0 Å². The molecule has 4 rings (SSSR count). The summed E-state index contributed by atoms with van der Waals surface area (Å²) in [7, 11) is 3.09. The van der Waals surface area contributed by atoms with Gasteiger partial charge in [0.15, 0.2) is 17.3 Å². The van der Waals surface area contributed by atoms with Gasteiger partial charge in [-0.05, 0) is 29.3 Å². The van der Waals surface area contributed by atoms with Crippen LogP contribution in [0.2, 0.25) is 5.02 Å². The maximum Gasteiger partial charge on any atom is 0.234 e. The van der Waals surface area contributed by atoms with Crippen LogP contribution < -0.4 is 14.8 Å². The van der Waals surface area contributed by atoms with E-state index in [0.717, 1.165) is 48.9 Å². The van der Waals surface area contributed by atoms with E-state index < -0.39 is 0 Å². The maximum atomic E-state index is 12.7. The summed E-state index contributed by atoms with van der Waals surface area (Å²) >= 11 is 6.28. The van der Waals surface area contributed by atoms with Gasteiger partial charge in [0.1, 0.15) is 0 Å². The van der Waals surface area contributed by atoms with Crippen molar-refractivity contribution in [2.75, 3.05) is 46.9 Å². The number of carbonyl (C=O) groups excluding carboxylic acids is 2. The van der Waals surface area contributed by atoms with E-state index in [4.69, 9.17) is 21.1 Å². The summed E-state index contributed by atoms with van der Waals surface area (Å²) in [6.45, 7) is 4.49. The highest BCUT2D eigenvalue weighted by atomic mass is 35.5. The average Bonchev–Trinajstić information content (AvgIpc) is 3.09. The van der Waals surface area contributed by atoms with Crippen molar-refractivity contribution in [3.05, 3.63) is 58.1 Å². The minimum Gasteiger partial charge on any atom is -0.493 e. The first kappa shape index (κ1) is 22.6. The van der Waals surface area contributed by atoms with E-state index >= 15 is 0 Å². The molecule has 1 aliphatic heterocycles. The molecule has 8 heteroatoms. The van der Waals surface area contributed by atoms with E-state index in [1.807, 2.05) is 24.3 Å². The predicted molar refractivity (Wildman–Crippen MR) is 123 cm³/mol. The van der Waals surface area contributed by atoms with Crippen molar-refractivity contribution in [3.63, 3.8) is 0 Å². The Morgan fingerprint density at radius 2 is 1.72 bits per heavy atom.